The second-order valence-electron chi connectivity index (χ2n) is 6.30. The molecule has 1 N–H and O–H groups in total. The van der Waals surface area contributed by atoms with Gasteiger partial charge in [0.25, 0.3) is 0 Å². The summed E-state index contributed by atoms with van der Waals surface area (Å²) >= 11 is 0. The van der Waals surface area contributed by atoms with Gasteiger partial charge in [0.05, 0.1) is 6.61 Å². The van der Waals surface area contributed by atoms with Gasteiger partial charge >= 0.3 is 0 Å². The highest BCUT2D eigenvalue weighted by molar-refractivity contribution is 5.51. The van der Waals surface area contributed by atoms with Crippen molar-refractivity contribution >= 4 is 5.69 Å². The highest BCUT2D eigenvalue weighted by Crippen LogP contribution is 2.30. The number of ether oxygens (including phenoxy) is 2. The van der Waals surface area contributed by atoms with Crippen molar-refractivity contribution in [3.63, 3.8) is 0 Å². The number of rotatable bonds is 8. The zero-order valence-electron chi connectivity index (χ0n) is 15.7. The fourth-order valence-electron chi connectivity index (χ4n) is 2.81. The van der Waals surface area contributed by atoms with Crippen molar-refractivity contribution in [2.24, 2.45) is 0 Å². The summed E-state index contributed by atoms with van der Waals surface area (Å²) in [6.45, 7) is 5.55. The molecule has 0 fully saturated rings. The van der Waals surface area contributed by atoms with Crippen molar-refractivity contribution in [2.45, 2.75) is 27.0 Å². The molecule has 140 valence electrons. The predicted octanol–water partition coefficient (Wildman–Crippen LogP) is 5.72. The Balaban J connectivity index is 1.69. The van der Waals surface area contributed by atoms with Crippen LogP contribution in [0.15, 0.2) is 66.7 Å². The maximum Gasteiger partial charge on any atom is 0.161 e. The molecular weight excluding hydrogens is 341 g/mol. The molecule has 0 atom stereocenters. The van der Waals surface area contributed by atoms with E-state index in [9.17, 15) is 4.39 Å². The van der Waals surface area contributed by atoms with Crippen molar-refractivity contribution in [1.82, 2.24) is 0 Å². The summed E-state index contributed by atoms with van der Waals surface area (Å²) < 4.78 is 24.9. The molecule has 0 aliphatic rings. The van der Waals surface area contributed by atoms with Crippen LogP contribution in [-0.4, -0.2) is 6.61 Å². The van der Waals surface area contributed by atoms with Crippen molar-refractivity contribution in [3.05, 3.63) is 89.2 Å². The third-order valence-electron chi connectivity index (χ3n) is 4.22. The van der Waals surface area contributed by atoms with Crippen LogP contribution in [0.25, 0.3) is 0 Å². The monoisotopic (exact) mass is 365 g/mol. The molecule has 0 aromatic heterocycles. The lowest BCUT2D eigenvalue weighted by atomic mass is 10.1. The number of benzene rings is 3. The Labute approximate surface area is 159 Å². The van der Waals surface area contributed by atoms with E-state index in [1.807, 2.05) is 43.3 Å². The largest absolute Gasteiger partial charge is 0.490 e. The van der Waals surface area contributed by atoms with Gasteiger partial charge in [0.2, 0.25) is 0 Å². The zero-order chi connectivity index (χ0) is 19.1. The van der Waals surface area contributed by atoms with Crippen molar-refractivity contribution in [2.75, 3.05) is 11.9 Å². The van der Waals surface area contributed by atoms with E-state index in [4.69, 9.17) is 9.47 Å². The number of hydrogen-bond donors (Lipinski definition) is 1. The van der Waals surface area contributed by atoms with Crippen LogP contribution in [0.1, 0.15) is 23.6 Å². The molecule has 0 amide bonds. The number of para-hydroxylation sites is 1. The third-order valence-corrected chi connectivity index (χ3v) is 4.22. The van der Waals surface area contributed by atoms with Gasteiger partial charge in [0.15, 0.2) is 11.5 Å². The molecule has 27 heavy (non-hydrogen) atoms. The SMILES string of the molecule is CCOc1cc(CNc2ccccc2C)ccc1OCc1cccc(F)c1. The van der Waals surface area contributed by atoms with Crippen LogP contribution in [0.5, 0.6) is 11.5 Å². The van der Waals surface area contributed by atoms with Crippen molar-refractivity contribution in [1.29, 1.82) is 0 Å². The zero-order valence-corrected chi connectivity index (χ0v) is 15.7. The fourth-order valence-corrected chi connectivity index (χ4v) is 2.81. The maximum absolute atomic E-state index is 13.3. The quantitative estimate of drug-likeness (QED) is 0.553. The molecule has 0 unspecified atom stereocenters. The van der Waals surface area contributed by atoms with Crippen LogP contribution >= 0.6 is 0 Å². The van der Waals surface area contributed by atoms with Crippen LogP contribution in [0, 0.1) is 12.7 Å². The van der Waals surface area contributed by atoms with E-state index in [2.05, 4.69) is 24.4 Å². The van der Waals surface area contributed by atoms with Crippen molar-refractivity contribution in [3.8, 4) is 11.5 Å². The van der Waals surface area contributed by atoms with Gasteiger partial charge in [-0.05, 0) is 60.9 Å². The fraction of sp³-hybridized carbons (Fsp3) is 0.217. The molecule has 0 saturated carbocycles. The number of hydrogen-bond acceptors (Lipinski definition) is 3. The molecule has 0 spiro atoms. The molecule has 3 aromatic carbocycles. The minimum absolute atomic E-state index is 0.265. The Morgan fingerprint density at radius 3 is 2.48 bits per heavy atom. The first-order chi connectivity index (χ1) is 13.2. The Kier molecular flexibility index (Phi) is 6.31. The van der Waals surface area contributed by atoms with E-state index < -0.39 is 0 Å². The minimum Gasteiger partial charge on any atom is -0.490 e. The Morgan fingerprint density at radius 1 is 0.852 bits per heavy atom. The summed E-state index contributed by atoms with van der Waals surface area (Å²) in [5, 5.41) is 3.44. The molecule has 0 aliphatic heterocycles. The van der Waals surface area contributed by atoms with E-state index >= 15 is 0 Å². The first kappa shape index (κ1) is 18.8. The number of halogens is 1. The summed E-state index contributed by atoms with van der Waals surface area (Å²) in [5.74, 6) is 1.08. The molecule has 4 heteroatoms. The highest BCUT2D eigenvalue weighted by Gasteiger charge is 2.08. The second-order valence-corrected chi connectivity index (χ2v) is 6.30. The topological polar surface area (TPSA) is 30.5 Å². The number of anilines is 1. The summed E-state index contributed by atoms with van der Waals surface area (Å²) in [5.41, 5.74) is 4.20. The minimum atomic E-state index is -0.265. The van der Waals surface area contributed by atoms with Gasteiger partial charge in [-0.2, -0.15) is 0 Å². The molecular formula is C23H24FNO2. The molecule has 0 bridgehead atoms. The van der Waals surface area contributed by atoms with E-state index in [1.54, 1.807) is 6.07 Å². The van der Waals surface area contributed by atoms with Crippen LogP contribution < -0.4 is 14.8 Å². The second kappa shape index (κ2) is 9.08. The smallest absolute Gasteiger partial charge is 0.161 e. The van der Waals surface area contributed by atoms with Gasteiger partial charge in [-0.25, -0.2) is 4.39 Å². The van der Waals surface area contributed by atoms with Gasteiger partial charge in [0, 0.05) is 12.2 Å². The molecule has 0 radical (unpaired) electrons. The predicted molar refractivity (Wildman–Crippen MR) is 107 cm³/mol. The summed E-state index contributed by atoms with van der Waals surface area (Å²) in [6.07, 6.45) is 0. The standard InChI is InChI=1S/C23H24FNO2/c1-3-26-23-14-18(15-25-21-10-5-4-7-17(21)2)11-12-22(23)27-16-19-8-6-9-20(24)13-19/h4-14,25H,3,15-16H2,1-2H3. The van der Waals surface area contributed by atoms with Crippen molar-refractivity contribution < 1.29 is 13.9 Å². The average molecular weight is 365 g/mol. The Morgan fingerprint density at radius 2 is 1.70 bits per heavy atom. The lowest BCUT2D eigenvalue weighted by Crippen LogP contribution is -2.04. The normalized spacial score (nSPS) is 10.5. The molecule has 3 rings (SSSR count). The van der Waals surface area contributed by atoms with Crippen LogP contribution in [0.3, 0.4) is 0 Å². The van der Waals surface area contributed by atoms with Gasteiger partial charge in [-0.1, -0.05) is 36.4 Å². The Bertz CT molecular complexity index is 895. The highest BCUT2D eigenvalue weighted by atomic mass is 19.1. The molecule has 0 aliphatic carbocycles. The van der Waals surface area contributed by atoms with Crippen LogP contribution in [0.4, 0.5) is 10.1 Å². The van der Waals surface area contributed by atoms with Gasteiger partial charge in [0.1, 0.15) is 12.4 Å². The van der Waals surface area contributed by atoms with Gasteiger partial charge in [-0.3, -0.25) is 0 Å². The van der Waals surface area contributed by atoms with Gasteiger partial charge < -0.3 is 14.8 Å². The molecule has 0 saturated heterocycles. The van der Waals surface area contributed by atoms with E-state index in [-0.39, 0.29) is 5.82 Å². The van der Waals surface area contributed by atoms with Gasteiger partial charge in [-0.15, -0.1) is 0 Å². The number of aryl methyl sites for hydroxylation is 1. The summed E-state index contributed by atoms with van der Waals surface area (Å²) in [4.78, 5) is 0. The number of nitrogens with one attached hydrogen (secondary N) is 1. The maximum atomic E-state index is 13.3. The molecule has 0 heterocycles. The van der Waals surface area contributed by atoms with Crippen LogP contribution in [0.2, 0.25) is 0 Å². The van der Waals surface area contributed by atoms with Crippen LogP contribution in [-0.2, 0) is 13.2 Å². The summed E-state index contributed by atoms with van der Waals surface area (Å²) in [7, 11) is 0. The average Bonchev–Trinajstić information content (AvgIpc) is 2.67. The van der Waals surface area contributed by atoms with E-state index in [1.165, 1.54) is 17.7 Å². The summed E-state index contributed by atoms with van der Waals surface area (Å²) in [6, 6.07) is 20.5. The molecule has 3 aromatic rings. The van der Waals surface area contributed by atoms with E-state index in [0.717, 1.165) is 16.8 Å². The first-order valence-corrected chi connectivity index (χ1v) is 9.08. The lowest BCUT2D eigenvalue weighted by Gasteiger charge is -2.15. The lowest BCUT2D eigenvalue weighted by molar-refractivity contribution is 0.269. The first-order valence-electron chi connectivity index (χ1n) is 9.08. The Hall–Kier alpha value is -3.01. The molecule has 3 nitrogen and oxygen atoms in total. The van der Waals surface area contributed by atoms with E-state index in [0.29, 0.717) is 31.3 Å². The third kappa shape index (κ3) is 5.23.